The molecular formula is C18H22F3NO3. The number of halogens is 3. The largest absolute Gasteiger partial charge is 0.467 e. The van der Waals surface area contributed by atoms with Crippen molar-refractivity contribution in [2.24, 2.45) is 5.92 Å². The molecule has 1 atom stereocenters. The van der Waals surface area contributed by atoms with Gasteiger partial charge in [0, 0.05) is 0 Å². The summed E-state index contributed by atoms with van der Waals surface area (Å²) in [5.41, 5.74) is -0.302. The van der Waals surface area contributed by atoms with E-state index in [0.717, 1.165) is 44.2 Å². The quantitative estimate of drug-likeness (QED) is 0.821. The third-order valence-corrected chi connectivity index (χ3v) is 4.54. The van der Waals surface area contributed by atoms with Crippen LogP contribution in [-0.4, -0.2) is 25.0 Å². The molecule has 0 heterocycles. The van der Waals surface area contributed by atoms with E-state index in [9.17, 15) is 22.8 Å². The highest BCUT2D eigenvalue weighted by Crippen LogP contribution is 2.29. The van der Waals surface area contributed by atoms with Gasteiger partial charge in [-0.05, 0) is 36.5 Å². The predicted molar refractivity (Wildman–Crippen MR) is 85.7 cm³/mol. The van der Waals surface area contributed by atoms with Crippen LogP contribution in [0.4, 0.5) is 13.2 Å². The fourth-order valence-electron chi connectivity index (χ4n) is 3.19. The molecule has 1 aliphatic carbocycles. The molecule has 1 aromatic carbocycles. The number of carbonyl (C=O) groups is 2. The minimum atomic E-state index is -4.41. The van der Waals surface area contributed by atoms with Crippen molar-refractivity contribution in [2.45, 2.75) is 50.7 Å². The van der Waals surface area contributed by atoms with E-state index < -0.39 is 29.7 Å². The van der Waals surface area contributed by atoms with E-state index in [1.165, 1.54) is 19.2 Å². The molecule has 25 heavy (non-hydrogen) atoms. The summed E-state index contributed by atoms with van der Waals surface area (Å²) in [6.07, 6.45) is 0.334. The van der Waals surface area contributed by atoms with Crippen molar-refractivity contribution < 1.29 is 27.5 Å². The summed E-state index contributed by atoms with van der Waals surface area (Å²) in [7, 11) is 1.28. The first-order valence-corrected chi connectivity index (χ1v) is 8.34. The van der Waals surface area contributed by atoms with Gasteiger partial charge in [-0.15, -0.1) is 0 Å². The van der Waals surface area contributed by atoms with E-state index in [4.69, 9.17) is 4.74 Å². The second-order valence-corrected chi connectivity index (χ2v) is 6.34. The lowest BCUT2D eigenvalue weighted by atomic mass is 9.83. The average Bonchev–Trinajstić information content (AvgIpc) is 2.59. The first-order chi connectivity index (χ1) is 11.8. The van der Waals surface area contributed by atoms with Crippen molar-refractivity contribution >= 4 is 11.9 Å². The molecule has 0 unspecified atom stereocenters. The Bertz CT molecular complexity index is 593. The number of hydrogen-bond donors (Lipinski definition) is 1. The third kappa shape index (κ3) is 5.47. The second-order valence-electron chi connectivity index (χ2n) is 6.34. The Morgan fingerprint density at radius 2 is 1.76 bits per heavy atom. The van der Waals surface area contributed by atoms with Crippen molar-refractivity contribution in [3.8, 4) is 0 Å². The smallest absolute Gasteiger partial charge is 0.416 e. The fraction of sp³-hybridized carbons (Fsp3) is 0.556. The number of benzene rings is 1. The van der Waals surface area contributed by atoms with Crippen LogP contribution in [0.3, 0.4) is 0 Å². The molecule has 1 N–H and O–H groups in total. The van der Waals surface area contributed by atoms with Crippen molar-refractivity contribution in [2.75, 3.05) is 7.11 Å². The van der Waals surface area contributed by atoms with E-state index >= 15 is 0 Å². The summed E-state index contributed by atoms with van der Waals surface area (Å²) < 4.78 is 42.5. The Hall–Kier alpha value is -2.05. The van der Waals surface area contributed by atoms with E-state index in [0.29, 0.717) is 5.56 Å². The van der Waals surface area contributed by atoms with E-state index in [1.807, 2.05) is 0 Å². The average molecular weight is 357 g/mol. The molecule has 0 spiro atoms. The lowest BCUT2D eigenvalue weighted by Crippen LogP contribution is -2.47. The van der Waals surface area contributed by atoms with Gasteiger partial charge >= 0.3 is 12.1 Å². The zero-order valence-electron chi connectivity index (χ0n) is 14.1. The highest BCUT2D eigenvalue weighted by molar-refractivity contribution is 5.85. The number of alkyl halides is 3. The molecule has 0 bridgehead atoms. The molecule has 1 aliphatic rings. The van der Waals surface area contributed by atoms with Gasteiger partial charge in [0.15, 0.2) is 0 Å². The molecule has 7 heteroatoms. The summed E-state index contributed by atoms with van der Waals surface area (Å²) in [5.74, 6) is -0.842. The third-order valence-electron chi connectivity index (χ3n) is 4.54. The SMILES string of the molecule is COC(=O)[C@H](NC(=O)Cc1ccc(C(F)(F)F)cc1)C1CCCCC1. The first-order valence-electron chi connectivity index (χ1n) is 8.34. The Balaban J connectivity index is 1.99. The molecule has 0 radical (unpaired) electrons. The first kappa shape index (κ1) is 19.3. The zero-order chi connectivity index (χ0) is 18.4. The van der Waals surface area contributed by atoms with Crippen LogP contribution >= 0.6 is 0 Å². The van der Waals surface area contributed by atoms with Gasteiger partial charge in [0.05, 0.1) is 19.1 Å². The Morgan fingerprint density at radius 1 is 1.16 bits per heavy atom. The molecule has 4 nitrogen and oxygen atoms in total. The number of rotatable bonds is 5. The highest BCUT2D eigenvalue weighted by atomic mass is 19.4. The molecule has 138 valence electrons. The molecule has 1 aromatic rings. The van der Waals surface area contributed by atoms with Gasteiger partial charge in [-0.25, -0.2) is 4.79 Å². The van der Waals surface area contributed by atoms with E-state index in [-0.39, 0.29) is 12.3 Å². The standard InChI is InChI=1S/C18H22F3NO3/c1-25-17(24)16(13-5-3-2-4-6-13)22-15(23)11-12-7-9-14(10-8-12)18(19,20)21/h7-10,13,16H,2-6,11H2,1H3,(H,22,23)/t16-/m1/s1. The monoisotopic (exact) mass is 357 g/mol. The van der Waals surface area contributed by atoms with Gasteiger partial charge in [-0.3, -0.25) is 4.79 Å². The number of esters is 1. The van der Waals surface area contributed by atoms with Gasteiger partial charge in [-0.1, -0.05) is 31.4 Å². The van der Waals surface area contributed by atoms with Crippen LogP contribution in [0, 0.1) is 5.92 Å². The van der Waals surface area contributed by atoms with Crippen molar-refractivity contribution in [1.29, 1.82) is 0 Å². The normalized spacial score (nSPS) is 17.0. The molecule has 1 amide bonds. The highest BCUT2D eigenvalue weighted by Gasteiger charge is 2.32. The van der Waals surface area contributed by atoms with E-state index in [1.54, 1.807) is 0 Å². The van der Waals surface area contributed by atoms with Crippen LogP contribution in [0.15, 0.2) is 24.3 Å². The van der Waals surface area contributed by atoms with Crippen LogP contribution in [0.25, 0.3) is 0 Å². The van der Waals surface area contributed by atoms with Crippen LogP contribution in [0.5, 0.6) is 0 Å². The Labute approximate surface area is 144 Å². The minimum Gasteiger partial charge on any atom is -0.467 e. The lowest BCUT2D eigenvalue weighted by Gasteiger charge is -2.29. The van der Waals surface area contributed by atoms with Crippen molar-refractivity contribution in [3.63, 3.8) is 0 Å². The lowest BCUT2D eigenvalue weighted by molar-refractivity contribution is -0.147. The summed E-state index contributed by atoms with van der Waals surface area (Å²) in [6, 6.07) is 3.74. The number of methoxy groups -OCH3 is 1. The number of carbonyl (C=O) groups excluding carboxylic acids is 2. The predicted octanol–water partition coefficient (Wildman–Crippen LogP) is 3.49. The molecule has 0 aliphatic heterocycles. The number of ether oxygens (including phenoxy) is 1. The van der Waals surface area contributed by atoms with E-state index in [2.05, 4.69) is 5.32 Å². The molecule has 0 saturated heterocycles. The maximum absolute atomic E-state index is 12.6. The maximum Gasteiger partial charge on any atom is 0.416 e. The van der Waals surface area contributed by atoms with Crippen LogP contribution < -0.4 is 5.32 Å². The molecule has 1 saturated carbocycles. The summed E-state index contributed by atoms with van der Waals surface area (Å²) in [5, 5.41) is 2.70. The van der Waals surface area contributed by atoms with Crippen LogP contribution in [-0.2, 0) is 26.9 Å². The van der Waals surface area contributed by atoms with Gasteiger partial charge in [0.1, 0.15) is 6.04 Å². The van der Waals surface area contributed by atoms with Crippen molar-refractivity contribution in [1.82, 2.24) is 5.32 Å². The fourth-order valence-corrected chi connectivity index (χ4v) is 3.19. The van der Waals surface area contributed by atoms with Crippen molar-refractivity contribution in [3.05, 3.63) is 35.4 Å². The topological polar surface area (TPSA) is 55.4 Å². The molecule has 1 fully saturated rings. The minimum absolute atomic E-state index is 0.0396. The van der Waals surface area contributed by atoms with Crippen LogP contribution in [0.1, 0.15) is 43.2 Å². The summed E-state index contributed by atoms with van der Waals surface area (Å²) >= 11 is 0. The van der Waals surface area contributed by atoms with Gasteiger partial charge in [-0.2, -0.15) is 13.2 Å². The summed E-state index contributed by atoms with van der Waals surface area (Å²) in [6.45, 7) is 0. The van der Waals surface area contributed by atoms with Gasteiger partial charge in [0.2, 0.25) is 5.91 Å². The molecule has 2 rings (SSSR count). The maximum atomic E-state index is 12.6. The molecular weight excluding hydrogens is 335 g/mol. The molecule has 0 aromatic heterocycles. The summed E-state index contributed by atoms with van der Waals surface area (Å²) in [4.78, 5) is 24.2. The zero-order valence-corrected chi connectivity index (χ0v) is 14.1. The van der Waals surface area contributed by atoms with Gasteiger partial charge in [0.25, 0.3) is 0 Å². The number of nitrogens with one attached hydrogen (secondary N) is 1. The Kier molecular flexibility index (Phi) is 6.45. The van der Waals surface area contributed by atoms with Crippen LogP contribution in [0.2, 0.25) is 0 Å². The number of amides is 1. The number of hydrogen-bond acceptors (Lipinski definition) is 3. The van der Waals surface area contributed by atoms with Gasteiger partial charge < -0.3 is 10.1 Å². The Morgan fingerprint density at radius 3 is 2.28 bits per heavy atom. The second kappa shape index (κ2) is 8.36.